The molecule has 11 unspecified atom stereocenters. The van der Waals surface area contributed by atoms with E-state index in [0.717, 1.165) is 0 Å². The van der Waals surface area contributed by atoms with Crippen molar-refractivity contribution in [1.29, 1.82) is 0 Å². The molecule has 0 saturated carbocycles. The first-order chi connectivity index (χ1) is 23.9. The molecule has 17 heteroatoms. The van der Waals surface area contributed by atoms with Crippen LogP contribution < -0.4 is 18.9 Å². The largest absolute Gasteiger partial charge is 0.502 e. The Labute approximate surface area is 287 Å². The summed E-state index contributed by atoms with van der Waals surface area (Å²) in [6.45, 7) is -2.63. The van der Waals surface area contributed by atoms with E-state index in [4.69, 9.17) is 37.9 Å². The van der Waals surface area contributed by atoms with Crippen molar-refractivity contribution in [3.63, 3.8) is 0 Å². The van der Waals surface area contributed by atoms with Gasteiger partial charge in [-0.25, -0.2) is 0 Å². The van der Waals surface area contributed by atoms with E-state index in [0.29, 0.717) is 16.7 Å². The van der Waals surface area contributed by atoms with Gasteiger partial charge in [0.25, 0.3) is 0 Å². The molecule has 9 N–H and O–H groups in total. The SMILES string of the molecule is COc1cc(C2c3c(cc(OC)c(O)c3OC)CC(CO)C2COC2OC(CO)C(O)C(O)C2OC2OCC(O)(CO)C2O)cc(OC)c1O. The average molecular weight is 715 g/mol. The Morgan fingerprint density at radius 1 is 0.820 bits per heavy atom. The Morgan fingerprint density at radius 2 is 1.46 bits per heavy atom. The van der Waals surface area contributed by atoms with Crippen LogP contribution in [0.25, 0.3) is 0 Å². The van der Waals surface area contributed by atoms with Gasteiger partial charge in [0, 0.05) is 18.1 Å². The van der Waals surface area contributed by atoms with Crippen LogP contribution in [0.4, 0.5) is 0 Å². The summed E-state index contributed by atoms with van der Waals surface area (Å²) in [4.78, 5) is 0. The van der Waals surface area contributed by atoms with Crippen molar-refractivity contribution in [3.8, 4) is 34.5 Å². The second-order valence-corrected chi connectivity index (χ2v) is 12.6. The summed E-state index contributed by atoms with van der Waals surface area (Å²) >= 11 is 0. The number of methoxy groups -OCH3 is 4. The topological polar surface area (TPSA) is 256 Å². The molecule has 2 saturated heterocycles. The zero-order chi connectivity index (χ0) is 36.5. The molecular formula is C33H46O17. The van der Waals surface area contributed by atoms with Crippen molar-refractivity contribution in [2.24, 2.45) is 11.8 Å². The van der Waals surface area contributed by atoms with Gasteiger partial charge in [0.15, 0.2) is 35.6 Å². The van der Waals surface area contributed by atoms with Gasteiger partial charge in [-0.2, -0.15) is 0 Å². The molecule has 0 amide bonds. The molecule has 3 aliphatic rings. The number of aliphatic hydroxyl groups excluding tert-OH is 6. The highest BCUT2D eigenvalue weighted by molar-refractivity contribution is 5.64. The van der Waals surface area contributed by atoms with E-state index in [2.05, 4.69) is 0 Å². The van der Waals surface area contributed by atoms with Gasteiger partial charge in [-0.05, 0) is 47.6 Å². The third kappa shape index (κ3) is 6.75. The van der Waals surface area contributed by atoms with Crippen LogP contribution in [0.1, 0.15) is 22.6 Å². The molecule has 2 aromatic carbocycles. The molecule has 0 aromatic heterocycles. The van der Waals surface area contributed by atoms with Crippen molar-refractivity contribution in [1.82, 2.24) is 0 Å². The van der Waals surface area contributed by atoms with Crippen LogP contribution in [-0.4, -0.2) is 156 Å². The monoisotopic (exact) mass is 714 g/mol. The first-order valence-corrected chi connectivity index (χ1v) is 16.0. The van der Waals surface area contributed by atoms with Crippen LogP contribution in [0.2, 0.25) is 0 Å². The number of phenols is 2. The fourth-order valence-electron chi connectivity index (χ4n) is 7.03. The fraction of sp³-hybridized carbons (Fsp3) is 0.636. The summed E-state index contributed by atoms with van der Waals surface area (Å²) in [5.74, 6) is -2.08. The lowest BCUT2D eigenvalue weighted by atomic mass is 9.66. The summed E-state index contributed by atoms with van der Waals surface area (Å²) < 4.78 is 45.2. The van der Waals surface area contributed by atoms with E-state index >= 15 is 0 Å². The van der Waals surface area contributed by atoms with Crippen molar-refractivity contribution in [2.75, 3.05) is 61.5 Å². The standard InChI is InChI=1S/C33H46O17/c1-43-18-7-15(8-19(44-2)24(18)37)22-17(16(9-34)5-14-6-20(45-3)26(39)28(46-4)23(14)22)11-47-31-29(27(40)25(38)21(10-35)49-31)50-32-30(41)33(42,12-36)13-48-32/h6-8,16-17,21-22,25,27,29-32,34-42H,5,9-13H2,1-4H3. The summed E-state index contributed by atoms with van der Waals surface area (Å²) in [5, 5.41) is 94.9. The second kappa shape index (κ2) is 15.6. The number of rotatable bonds is 13. The van der Waals surface area contributed by atoms with E-state index in [1.165, 1.54) is 28.4 Å². The lowest BCUT2D eigenvalue weighted by molar-refractivity contribution is -0.338. The van der Waals surface area contributed by atoms with E-state index in [1.54, 1.807) is 18.2 Å². The van der Waals surface area contributed by atoms with Gasteiger partial charge in [0.1, 0.15) is 36.1 Å². The number of aromatic hydroxyl groups is 2. The Balaban J connectivity index is 1.57. The molecule has 2 aliphatic heterocycles. The highest BCUT2D eigenvalue weighted by atomic mass is 16.8. The normalized spacial score (nSPS) is 33.9. The quantitative estimate of drug-likeness (QED) is 0.112. The zero-order valence-electron chi connectivity index (χ0n) is 28.0. The number of fused-ring (bicyclic) bond motifs is 1. The fourth-order valence-corrected chi connectivity index (χ4v) is 7.03. The second-order valence-electron chi connectivity index (χ2n) is 12.6. The van der Waals surface area contributed by atoms with Crippen LogP contribution in [0.5, 0.6) is 34.5 Å². The molecule has 0 spiro atoms. The van der Waals surface area contributed by atoms with Crippen molar-refractivity contribution in [3.05, 3.63) is 34.9 Å². The molecule has 0 bridgehead atoms. The van der Waals surface area contributed by atoms with Crippen LogP contribution in [0.15, 0.2) is 18.2 Å². The summed E-state index contributed by atoms with van der Waals surface area (Å²) in [6, 6.07) is 4.80. The Bertz CT molecular complexity index is 1450. The minimum Gasteiger partial charge on any atom is -0.502 e. The summed E-state index contributed by atoms with van der Waals surface area (Å²) in [7, 11) is 5.51. The van der Waals surface area contributed by atoms with Gasteiger partial charge in [-0.15, -0.1) is 0 Å². The molecule has 2 fully saturated rings. The third-order valence-corrected chi connectivity index (χ3v) is 9.84. The maximum atomic E-state index is 11.2. The van der Waals surface area contributed by atoms with Crippen LogP contribution >= 0.6 is 0 Å². The minimum atomic E-state index is -2.05. The number of hydrogen-bond acceptors (Lipinski definition) is 17. The minimum absolute atomic E-state index is 0.0772. The number of aliphatic hydroxyl groups is 7. The van der Waals surface area contributed by atoms with Gasteiger partial charge < -0.3 is 83.9 Å². The first-order valence-electron chi connectivity index (χ1n) is 16.0. The number of ether oxygens (including phenoxy) is 8. The highest BCUT2D eigenvalue weighted by Crippen LogP contribution is 2.54. The predicted molar refractivity (Wildman–Crippen MR) is 168 cm³/mol. The number of hydrogen-bond donors (Lipinski definition) is 9. The molecule has 280 valence electrons. The van der Waals surface area contributed by atoms with Gasteiger partial charge in [-0.1, -0.05) is 0 Å². The molecule has 2 heterocycles. The lowest BCUT2D eigenvalue weighted by Gasteiger charge is -2.44. The lowest BCUT2D eigenvalue weighted by Crippen LogP contribution is -2.61. The molecule has 1 aliphatic carbocycles. The maximum Gasteiger partial charge on any atom is 0.201 e. The van der Waals surface area contributed by atoms with E-state index in [1.807, 2.05) is 0 Å². The molecule has 0 radical (unpaired) electrons. The van der Waals surface area contributed by atoms with Gasteiger partial charge in [0.05, 0.1) is 54.9 Å². The number of phenolic OH excluding ortho intramolecular Hbond substituents is 2. The van der Waals surface area contributed by atoms with Crippen molar-refractivity contribution >= 4 is 0 Å². The maximum absolute atomic E-state index is 11.2. The molecule has 11 atom stereocenters. The molecule has 5 rings (SSSR count). The van der Waals surface area contributed by atoms with Crippen molar-refractivity contribution in [2.45, 2.75) is 61.0 Å². The summed E-state index contributed by atoms with van der Waals surface area (Å²) in [6.07, 6.45) is -10.8. The predicted octanol–water partition coefficient (Wildman–Crippen LogP) is -1.67. The summed E-state index contributed by atoms with van der Waals surface area (Å²) in [5.41, 5.74) is -0.338. The number of benzene rings is 2. The van der Waals surface area contributed by atoms with E-state index in [-0.39, 0.29) is 54.1 Å². The van der Waals surface area contributed by atoms with Crippen LogP contribution in [0, 0.1) is 11.8 Å². The first kappa shape index (κ1) is 38.0. The van der Waals surface area contributed by atoms with Gasteiger partial charge >= 0.3 is 0 Å². The highest BCUT2D eigenvalue weighted by Gasteiger charge is 2.53. The Hall–Kier alpha value is -3.20. The smallest absolute Gasteiger partial charge is 0.201 e. The van der Waals surface area contributed by atoms with Gasteiger partial charge in [0.2, 0.25) is 11.5 Å². The third-order valence-electron chi connectivity index (χ3n) is 9.84. The average Bonchev–Trinajstić information content (AvgIpc) is 3.41. The van der Waals surface area contributed by atoms with E-state index in [9.17, 15) is 46.0 Å². The Morgan fingerprint density at radius 3 is 2.00 bits per heavy atom. The Kier molecular flexibility index (Phi) is 11.9. The van der Waals surface area contributed by atoms with E-state index < -0.39 is 86.3 Å². The van der Waals surface area contributed by atoms with Crippen molar-refractivity contribution < 1.29 is 83.9 Å². The zero-order valence-corrected chi connectivity index (χ0v) is 28.0. The van der Waals surface area contributed by atoms with Crippen LogP contribution in [-0.2, 0) is 25.4 Å². The molecule has 2 aromatic rings. The van der Waals surface area contributed by atoms with Crippen LogP contribution in [0.3, 0.4) is 0 Å². The molecule has 17 nitrogen and oxygen atoms in total. The molecular weight excluding hydrogens is 668 g/mol. The molecule has 50 heavy (non-hydrogen) atoms. The van der Waals surface area contributed by atoms with Gasteiger partial charge in [-0.3, -0.25) is 0 Å².